The lowest BCUT2D eigenvalue weighted by Crippen LogP contribution is -2.29. The van der Waals surface area contributed by atoms with E-state index >= 15 is 0 Å². The number of aromatic nitrogens is 1. The van der Waals surface area contributed by atoms with Crippen molar-refractivity contribution in [3.05, 3.63) is 69.1 Å². The molecule has 3 nitrogen and oxygen atoms in total. The third-order valence-electron chi connectivity index (χ3n) is 4.26. The van der Waals surface area contributed by atoms with Crippen LogP contribution >= 0.6 is 11.6 Å². The highest BCUT2D eigenvalue weighted by Gasteiger charge is 2.25. The molecule has 2 aromatic rings. The van der Waals surface area contributed by atoms with Gasteiger partial charge in [0.2, 0.25) is 0 Å². The lowest BCUT2D eigenvalue weighted by molar-refractivity contribution is 0.892. The Morgan fingerprint density at radius 2 is 2.09 bits per heavy atom. The molecule has 1 aliphatic rings. The summed E-state index contributed by atoms with van der Waals surface area (Å²) < 4.78 is 1.63. The maximum atomic E-state index is 12.8. The molecule has 0 spiro atoms. The molecule has 1 aromatic carbocycles. The summed E-state index contributed by atoms with van der Waals surface area (Å²) in [6.07, 6.45) is 5.05. The minimum Gasteiger partial charge on any atom is -0.355 e. The molecule has 0 unspecified atom stereocenters. The molecule has 23 heavy (non-hydrogen) atoms. The van der Waals surface area contributed by atoms with Crippen LogP contribution in [0.1, 0.15) is 31.4 Å². The third kappa shape index (κ3) is 2.32. The molecular formula is C19H19ClN2O. The SMILES string of the molecule is C=C1NC(/C=C\CC)=C(C)c2c1c(=O)n(C)c1cccc(Cl)c21. The number of hydrogen-bond acceptors (Lipinski definition) is 2. The minimum atomic E-state index is -0.0647. The zero-order chi connectivity index (χ0) is 16.7. The normalized spacial score (nSPS) is 14.5. The maximum Gasteiger partial charge on any atom is 0.260 e. The van der Waals surface area contributed by atoms with E-state index in [1.54, 1.807) is 11.6 Å². The van der Waals surface area contributed by atoms with Crippen molar-refractivity contribution >= 4 is 33.8 Å². The Kier molecular flexibility index (Phi) is 3.90. The molecule has 1 aromatic heterocycles. The quantitative estimate of drug-likeness (QED) is 0.884. The standard InChI is InChI=1S/C19H19ClN2O/c1-5-6-9-14-11(2)16-17(12(3)21-14)19(23)22(4)15-10-7-8-13(20)18(15)16/h6-10,21H,3,5H2,1-2,4H3/b9-6-. The average Bonchev–Trinajstić information content (AvgIpc) is 2.53. The summed E-state index contributed by atoms with van der Waals surface area (Å²) >= 11 is 6.48. The van der Waals surface area contributed by atoms with Crippen molar-refractivity contribution in [2.75, 3.05) is 0 Å². The van der Waals surface area contributed by atoms with Crippen molar-refractivity contribution < 1.29 is 0 Å². The van der Waals surface area contributed by atoms with Crippen LogP contribution in [0.15, 0.2) is 47.4 Å². The van der Waals surface area contributed by atoms with Crippen LogP contribution in [-0.2, 0) is 7.05 Å². The Labute approximate surface area is 140 Å². The van der Waals surface area contributed by atoms with Gasteiger partial charge in [0.1, 0.15) is 0 Å². The molecule has 0 aliphatic carbocycles. The van der Waals surface area contributed by atoms with Crippen molar-refractivity contribution in [3.8, 4) is 0 Å². The van der Waals surface area contributed by atoms with Gasteiger partial charge in [-0.3, -0.25) is 4.79 Å². The van der Waals surface area contributed by atoms with E-state index in [1.165, 1.54) is 0 Å². The summed E-state index contributed by atoms with van der Waals surface area (Å²) in [6, 6.07) is 5.64. The van der Waals surface area contributed by atoms with Crippen LogP contribution in [0.3, 0.4) is 0 Å². The van der Waals surface area contributed by atoms with Crippen LogP contribution in [0.5, 0.6) is 0 Å². The number of halogens is 1. The molecule has 0 fully saturated rings. The molecule has 2 heterocycles. The molecule has 0 saturated carbocycles. The van der Waals surface area contributed by atoms with Crippen LogP contribution in [0.2, 0.25) is 5.02 Å². The summed E-state index contributed by atoms with van der Waals surface area (Å²) in [7, 11) is 1.76. The number of aryl methyl sites for hydroxylation is 1. The first kappa shape index (κ1) is 15.6. The largest absolute Gasteiger partial charge is 0.355 e. The molecule has 118 valence electrons. The van der Waals surface area contributed by atoms with Crippen molar-refractivity contribution in [1.82, 2.24) is 9.88 Å². The molecule has 0 saturated heterocycles. The van der Waals surface area contributed by atoms with E-state index in [0.29, 0.717) is 16.3 Å². The number of fused-ring (bicyclic) bond motifs is 3. The molecule has 4 heteroatoms. The monoisotopic (exact) mass is 326 g/mol. The number of benzene rings is 1. The maximum absolute atomic E-state index is 12.8. The lowest BCUT2D eigenvalue weighted by atomic mass is 9.91. The lowest BCUT2D eigenvalue weighted by Gasteiger charge is -2.25. The summed E-state index contributed by atoms with van der Waals surface area (Å²) in [4.78, 5) is 12.8. The predicted molar refractivity (Wildman–Crippen MR) is 98.4 cm³/mol. The molecule has 3 rings (SSSR count). The van der Waals surface area contributed by atoms with E-state index in [0.717, 1.165) is 34.2 Å². The van der Waals surface area contributed by atoms with Gasteiger partial charge < -0.3 is 9.88 Å². The van der Waals surface area contributed by atoms with Gasteiger partial charge in [-0.25, -0.2) is 0 Å². The Balaban J connectivity index is 2.51. The molecule has 1 aliphatic heterocycles. The van der Waals surface area contributed by atoms with Crippen molar-refractivity contribution in [2.45, 2.75) is 20.3 Å². The highest BCUT2D eigenvalue weighted by Crippen LogP contribution is 2.37. The van der Waals surface area contributed by atoms with E-state index in [-0.39, 0.29) is 5.56 Å². The molecule has 0 bridgehead atoms. The fraction of sp³-hybridized carbons (Fsp3) is 0.211. The Morgan fingerprint density at radius 1 is 1.35 bits per heavy atom. The number of hydrogen-bond donors (Lipinski definition) is 1. The third-order valence-corrected chi connectivity index (χ3v) is 4.57. The number of nitrogens with one attached hydrogen (secondary N) is 1. The van der Waals surface area contributed by atoms with Gasteiger partial charge in [0.15, 0.2) is 0 Å². The van der Waals surface area contributed by atoms with Crippen molar-refractivity contribution in [1.29, 1.82) is 0 Å². The molecule has 0 amide bonds. The summed E-state index contributed by atoms with van der Waals surface area (Å²) in [5.41, 5.74) is 4.82. The molecular weight excluding hydrogens is 308 g/mol. The van der Waals surface area contributed by atoms with Gasteiger partial charge in [0.25, 0.3) is 5.56 Å². The van der Waals surface area contributed by atoms with Crippen LogP contribution in [0.4, 0.5) is 0 Å². The number of pyridine rings is 1. The number of nitrogens with zero attached hydrogens (tertiary/aromatic N) is 1. The van der Waals surface area contributed by atoms with E-state index in [1.807, 2.05) is 31.2 Å². The van der Waals surface area contributed by atoms with Gasteiger partial charge in [0, 0.05) is 29.4 Å². The van der Waals surface area contributed by atoms with Crippen LogP contribution < -0.4 is 10.9 Å². The van der Waals surface area contributed by atoms with Crippen LogP contribution in [-0.4, -0.2) is 4.57 Å². The van der Waals surface area contributed by atoms with E-state index in [4.69, 9.17) is 11.6 Å². The second-order valence-electron chi connectivity index (χ2n) is 5.70. The molecule has 1 N–H and O–H groups in total. The summed E-state index contributed by atoms with van der Waals surface area (Å²) in [5, 5.41) is 4.79. The van der Waals surface area contributed by atoms with Gasteiger partial charge in [-0.2, -0.15) is 0 Å². The van der Waals surface area contributed by atoms with Crippen molar-refractivity contribution in [2.24, 2.45) is 7.05 Å². The zero-order valence-electron chi connectivity index (χ0n) is 13.5. The van der Waals surface area contributed by atoms with Gasteiger partial charge in [0.05, 0.1) is 16.1 Å². The highest BCUT2D eigenvalue weighted by molar-refractivity contribution is 6.36. The topological polar surface area (TPSA) is 34.0 Å². The zero-order valence-corrected chi connectivity index (χ0v) is 14.3. The van der Waals surface area contributed by atoms with Gasteiger partial charge in [-0.1, -0.05) is 37.2 Å². The van der Waals surface area contributed by atoms with Gasteiger partial charge in [-0.15, -0.1) is 0 Å². The van der Waals surface area contributed by atoms with E-state index in [2.05, 4.69) is 24.9 Å². The Morgan fingerprint density at radius 3 is 2.78 bits per heavy atom. The van der Waals surface area contributed by atoms with Crippen molar-refractivity contribution in [3.63, 3.8) is 0 Å². The second-order valence-corrected chi connectivity index (χ2v) is 6.11. The Hall–Kier alpha value is -2.26. The van der Waals surface area contributed by atoms with Crippen LogP contribution in [0.25, 0.3) is 22.2 Å². The van der Waals surface area contributed by atoms with E-state index < -0.39 is 0 Å². The summed E-state index contributed by atoms with van der Waals surface area (Å²) in [6.45, 7) is 8.14. The number of rotatable bonds is 2. The second kappa shape index (κ2) is 5.74. The smallest absolute Gasteiger partial charge is 0.260 e. The Bertz CT molecular complexity index is 948. The first-order chi connectivity index (χ1) is 11.0. The van der Waals surface area contributed by atoms with Gasteiger partial charge >= 0.3 is 0 Å². The fourth-order valence-electron chi connectivity index (χ4n) is 3.06. The fourth-order valence-corrected chi connectivity index (χ4v) is 3.32. The van der Waals surface area contributed by atoms with E-state index in [9.17, 15) is 4.79 Å². The number of allylic oxidation sites excluding steroid dienone is 3. The minimum absolute atomic E-state index is 0.0647. The average molecular weight is 327 g/mol. The first-order valence-corrected chi connectivity index (χ1v) is 8.00. The van der Waals surface area contributed by atoms with Crippen LogP contribution in [0, 0.1) is 0 Å². The summed E-state index contributed by atoms with van der Waals surface area (Å²) in [5.74, 6) is 0. The van der Waals surface area contributed by atoms with Gasteiger partial charge in [-0.05, 0) is 37.1 Å². The highest BCUT2D eigenvalue weighted by atomic mass is 35.5. The molecule has 0 atom stereocenters. The first-order valence-electron chi connectivity index (χ1n) is 7.62. The molecule has 0 radical (unpaired) electrons. The predicted octanol–water partition coefficient (Wildman–Crippen LogP) is 4.46.